The summed E-state index contributed by atoms with van der Waals surface area (Å²) >= 11 is 0. The van der Waals surface area contributed by atoms with Crippen LogP contribution < -0.4 is 5.73 Å². The molecule has 0 aliphatic carbocycles. The van der Waals surface area contributed by atoms with E-state index in [9.17, 15) is 0 Å². The summed E-state index contributed by atoms with van der Waals surface area (Å²) in [5, 5.41) is 0. The van der Waals surface area contributed by atoms with E-state index < -0.39 is 0 Å². The van der Waals surface area contributed by atoms with Crippen LogP contribution >= 0.6 is 24.8 Å². The molecule has 0 heterocycles. The highest BCUT2D eigenvalue weighted by atomic mass is 35.5. The first-order valence-electron chi connectivity index (χ1n) is 7.89. The number of rotatable bonds is 9. The Balaban J connectivity index is 0.00000242. The van der Waals surface area contributed by atoms with Crippen LogP contribution in [0.15, 0.2) is 60.7 Å². The van der Waals surface area contributed by atoms with Gasteiger partial charge in [-0.05, 0) is 50.0 Å². The summed E-state index contributed by atoms with van der Waals surface area (Å²) in [5.74, 6) is 0. The molecule has 2 rings (SSSR count). The fraction of sp³-hybridized carbons (Fsp3) is 0.368. The highest BCUT2D eigenvalue weighted by Gasteiger charge is 2.05. The molecule has 0 aliphatic rings. The van der Waals surface area contributed by atoms with Crippen LogP contribution in [-0.2, 0) is 13.0 Å². The van der Waals surface area contributed by atoms with Crippen molar-refractivity contribution in [2.75, 3.05) is 19.6 Å². The van der Waals surface area contributed by atoms with Gasteiger partial charge in [0.1, 0.15) is 0 Å². The molecule has 0 spiro atoms. The van der Waals surface area contributed by atoms with E-state index in [1.807, 2.05) is 0 Å². The van der Waals surface area contributed by atoms with Crippen LogP contribution in [-0.4, -0.2) is 24.5 Å². The maximum Gasteiger partial charge on any atom is 0.0233 e. The monoisotopic (exact) mass is 354 g/mol. The molecular weight excluding hydrogens is 327 g/mol. The van der Waals surface area contributed by atoms with Gasteiger partial charge < -0.3 is 5.73 Å². The molecule has 2 N–H and O–H groups in total. The summed E-state index contributed by atoms with van der Waals surface area (Å²) in [5.41, 5.74) is 8.47. The van der Waals surface area contributed by atoms with Crippen molar-refractivity contribution in [3.05, 3.63) is 71.8 Å². The number of nitrogens with zero attached hydrogens (tertiary/aromatic N) is 1. The topological polar surface area (TPSA) is 29.3 Å². The quantitative estimate of drug-likeness (QED) is 0.726. The van der Waals surface area contributed by atoms with E-state index in [1.165, 1.54) is 17.5 Å². The zero-order valence-corrected chi connectivity index (χ0v) is 15.2. The largest absolute Gasteiger partial charge is 0.330 e. The van der Waals surface area contributed by atoms with Crippen LogP contribution in [0.3, 0.4) is 0 Å². The van der Waals surface area contributed by atoms with Crippen molar-refractivity contribution in [3.63, 3.8) is 0 Å². The summed E-state index contributed by atoms with van der Waals surface area (Å²) in [4.78, 5) is 2.52. The predicted octanol–water partition coefficient (Wildman–Crippen LogP) is 4.31. The molecule has 4 heteroatoms. The van der Waals surface area contributed by atoms with E-state index >= 15 is 0 Å². The van der Waals surface area contributed by atoms with Gasteiger partial charge in [0, 0.05) is 6.54 Å². The third-order valence-electron chi connectivity index (χ3n) is 3.71. The van der Waals surface area contributed by atoms with Crippen LogP contribution in [0.1, 0.15) is 24.0 Å². The number of benzene rings is 2. The fourth-order valence-corrected chi connectivity index (χ4v) is 2.58. The average molecular weight is 355 g/mol. The van der Waals surface area contributed by atoms with Crippen molar-refractivity contribution in [2.45, 2.75) is 25.8 Å². The molecule has 0 unspecified atom stereocenters. The molecule has 0 bridgehead atoms. The highest BCUT2D eigenvalue weighted by Crippen LogP contribution is 2.08. The van der Waals surface area contributed by atoms with Crippen LogP contribution in [0, 0.1) is 0 Å². The number of nitrogens with two attached hydrogens (primary N) is 1. The molecule has 0 fully saturated rings. The first-order valence-corrected chi connectivity index (χ1v) is 7.89. The van der Waals surface area contributed by atoms with Gasteiger partial charge in [0.15, 0.2) is 0 Å². The summed E-state index contributed by atoms with van der Waals surface area (Å²) in [7, 11) is 0. The Morgan fingerprint density at radius 1 is 0.696 bits per heavy atom. The predicted molar refractivity (Wildman–Crippen MR) is 105 cm³/mol. The number of aryl methyl sites for hydroxylation is 1. The Morgan fingerprint density at radius 2 is 1.22 bits per heavy atom. The molecule has 0 amide bonds. The van der Waals surface area contributed by atoms with Gasteiger partial charge in [-0.3, -0.25) is 4.90 Å². The van der Waals surface area contributed by atoms with Gasteiger partial charge in [-0.25, -0.2) is 0 Å². The highest BCUT2D eigenvalue weighted by molar-refractivity contribution is 5.85. The Hall–Kier alpha value is -1.06. The summed E-state index contributed by atoms with van der Waals surface area (Å²) in [6.45, 7) is 4.00. The second-order valence-electron chi connectivity index (χ2n) is 5.49. The van der Waals surface area contributed by atoms with Gasteiger partial charge in [0.2, 0.25) is 0 Å². The lowest BCUT2D eigenvalue weighted by Gasteiger charge is -2.22. The molecule has 128 valence electrons. The molecule has 0 saturated carbocycles. The summed E-state index contributed by atoms with van der Waals surface area (Å²) in [6.07, 6.45) is 3.41. The molecule has 0 aliphatic heterocycles. The lowest BCUT2D eigenvalue weighted by Crippen LogP contribution is -2.27. The molecule has 0 radical (unpaired) electrons. The van der Waals surface area contributed by atoms with Crippen molar-refractivity contribution in [1.29, 1.82) is 0 Å². The van der Waals surface area contributed by atoms with E-state index in [-0.39, 0.29) is 24.8 Å². The van der Waals surface area contributed by atoms with Crippen LogP contribution in [0.2, 0.25) is 0 Å². The van der Waals surface area contributed by atoms with Crippen molar-refractivity contribution in [3.8, 4) is 0 Å². The first kappa shape index (κ1) is 21.9. The molecule has 2 aromatic carbocycles. The number of hydrogen-bond donors (Lipinski definition) is 1. The van der Waals surface area contributed by atoms with Gasteiger partial charge in [-0.2, -0.15) is 0 Å². The summed E-state index contributed by atoms with van der Waals surface area (Å²) in [6, 6.07) is 21.4. The van der Waals surface area contributed by atoms with Gasteiger partial charge in [0.05, 0.1) is 0 Å². The van der Waals surface area contributed by atoms with Crippen molar-refractivity contribution in [1.82, 2.24) is 4.90 Å². The third-order valence-corrected chi connectivity index (χ3v) is 3.71. The molecule has 0 atom stereocenters. The standard InChI is InChI=1S/C19H26N2.2ClH/c20-14-8-16-21(17-19-11-5-2-6-12-19)15-7-13-18-9-3-1-4-10-18;;/h1-6,9-12H,7-8,13-17,20H2;2*1H. The molecule has 0 saturated heterocycles. The van der Waals surface area contributed by atoms with E-state index in [1.54, 1.807) is 0 Å². The van der Waals surface area contributed by atoms with Gasteiger partial charge >= 0.3 is 0 Å². The minimum absolute atomic E-state index is 0. The van der Waals surface area contributed by atoms with Crippen LogP contribution in [0.25, 0.3) is 0 Å². The van der Waals surface area contributed by atoms with Gasteiger partial charge in [-0.15, -0.1) is 24.8 Å². The second-order valence-corrected chi connectivity index (χ2v) is 5.49. The Labute approximate surface area is 152 Å². The molecular formula is C19H28Cl2N2. The minimum atomic E-state index is 0. The smallest absolute Gasteiger partial charge is 0.0233 e. The second kappa shape index (κ2) is 13.4. The lowest BCUT2D eigenvalue weighted by molar-refractivity contribution is 0.260. The van der Waals surface area contributed by atoms with E-state index in [0.717, 1.165) is 39.0 Å². The third kappa shape index (κ3) is 8.97. The van der Waals surface area contributed by atoms with Crippen LogP contribution in [0.5, 0.6) is 0 Å². The molecule has 0 aromatic heterocycles. The fourth-order valence-electron chi connectivity index (χ4n) is 2.58. The minimum Gasteiger partial charge on any atom is -0.330 e. The Bertz CT molecular complexity index is 491. The number of hydrogen-bond acceptors (Lipinski definition) is 2. The number of halogens is 2. The Morgan fingerprint density at radius 3 is 1.78 bits per heavy atom. The zero-order chi connectivity index (χ0) is 14.8. The molecule has 2 aromatic rings. The van der Waals surface area contributed by atoms with Crippen LogP contribution in [0.4, 0.5) is 0 Å². The lowest BCUT2D eigenvalue weighted by atomic mass is 10.1. The molecule has 2 nitrogen and oxygen atoms in total. The Kier molecular flexibility index (Phi) is 12.8. The first-order chi connectivity index (χ1) is 10.4. The van der Waals surface area contributed by atoms with Crippen molar-refractivity contribution < 1.29 is 0 Å². The van der Waals surface area contributed by atoms with E-state index in [2.05, 4.69) is 65.6 Å². The molecule has 23 heavy (non-hydrogen) atoms. The SMILES string of the molecule is Cl.Cl.NCCCN(CCCc1ccccc1)Cc1ccccc1. The van der Waals surface area contributed by atoms with E-state index in [4.69, 9.17) is 5.73 Å². The summed E-state index contributed by atoms with van der Waals surface area (Å²) < 4.78 is 0. The average Bonchev–Trinajstić information content (AvgIpc) is 2.54. The van der Waals surface area contributed by atoms with E-state index in [0.29, 0.717) is 0 Å². The van der Waals surface area contributed by atoms with Gasteiger partial charge in [0.25, 0.3) is 0 Å². The zero-order valence-electron chi connectivity index (χ0n) is 13.6. The van der Waals surface area contributed by atoms with Crippen molar-refractivity contribution >= 4 is 24.8 Å². The van der Waals surface area contributed by atoms with Gasteiger partial charge in [-0.1, -0.05) is 60.7 Å². The van der Waals surface area contributed by atoms with Crippen molar-refractivity contribution in [2.24, 2.45) is 5.73 Å². The maximum absolute atomic E-state index is 5.66. The normalized spacial score (nSPS) is 10.0. The maximum atomic E-state index is 5.66.